The van der Waals surface area contributed by atoms with Crippen LogP contribution in [0, 0.1) is 6.92 Å². The average Bonchev–Trinajstić information content (AvgIpc) is 2.88. The minimum absolute atomic E-state index is 0.00750. The fourth-order valence-corrected chi connectivity index (χ4v) is 1.63. The number of carbonyl (C=O) groups is 1. The highest BCUT2D eigenvalue weighted by molar-refractivity contribution is 5.92. The Kier molecular flexibility index (Phi) is 3.27. The van der Waals surface area contributed by atoms with Crippen LogP contribution in [0.3, 0.4) is 0 Å². The molecule has 0 fully saturated rings. The van der Waals surface area contributed by atoms with Crippen LogP contribution in [0.2, 0.25) is 0 Å². The number of aromatic nitrogens is 2. The summed E-state index contributed by atoms with van der Waals surface area (Å²) in [5.74, 6) is 0.185. The Morgan fingerprint density at radius 2 is 2.47 bits per heavy atom. The quantitative estimate of drug-likeness (QED) is 0.872. The zero-order chi connectivity index (χ0) is 12.3. The van der Waals surface area contributed by atoms with Crippen molar-refractivity contribution in [2.24, 2.45) is 0 Å². The van der Waals surface area contributed by atoms with E-state index in [9.17, 15) is 4.79 Å². The van der Waals surface area contributed by atoms with Gasteiger partial charge in [0.05, 0.1) is 12.8 Å². The van der Waals surface area contributed by atoms with Gasteiger partial charge in [0.25, 0.3) is 5.91 Å². The maximum absolute atomic E-state index is 11.8. The van der Waals surface area contributed by atoms with Gasteiger partial charge in [-0.3, -0.25) is 9.48 Å². The molecule has 0 spiro atoms. The van der Waals surface area contributed by atoms with E-state index in [2.05, 4.69) is 10.4 Å². The second-order valence-electron chi connectivity index (χ2n) is 4.04. The molecule has 17 heavy (non-hydrogen) atoms. The fraction of sp³-hybridized carbons (Fsp3) is 0.333. The molecule has 2 heterocycles. The molecule has 0 aliphatic carbocycles. The number of hydrogen-bond donors (Lipinski definition) is 1. The monoisotopic (exact) mass is 233 g/mol. The first-order chi connectivity index (χ1) is 8.16. The van der Waals surface area contributed by atoms with Gasteiger partial charge in [0, 0.05) is 24.0 Å². The van der Waals surface area contributed by atoms with Crippen LogP contribution in [0.1, 0.15) is 23.0 Å². The van der Waals surface area contributed by atoms with Crippen LogP contribution in [-0.2, 0) is 6.54 Å². The van der Waals surface area contributed by atoms with Gasteiger partial charge in [-0.1, -0.05) is 0 Å². The van der Waals surface area contributed by atoms with E-state index in [0.29, 0.717) is 12.3 Å². The van der Waals surface area contributed by atoms with E-state index in [-0.39, 0.29) is 11.9 Å². The third-order valence-electron chi connectivity index (χ3n) is 2.47. The minimum Gasteiger partial charge on any atom is -0.459 e. The predicted molar refractivity (Wildman–Crippen MR) is 62.6 cm³/mol. The van der Waals surface area contributed by atoms with Crippen LogP contribution in [0.25, 0.3) is 0 Å². The molecule has 0 aliphatic heterocycles. The normalized spacial score (nSPS) is 12.4. The minimum atomic E-state index is -0.188. The van der Waals surface area contributed by atoms with E-state index in [1.165, 1.54) is 6.26 Å². The largest absolute Gasteiger partial charge is 0.459 e. The molecule has 1 atom stereocenters. The van der Waals surface area contributed by atoms with Crippen molar-refractivity contribution < 1.29 is 9.21 Å². The van der Waals surface area contributed by atoms with Gasteiger partial charge in [-0.05, 0) is 26.0 Å². The number of rotatable bonds is 4. The molecular weight excluding hydrogens is 218 g/mol. The predicted octanol–water partition coefficient (Wildman–Crippen LogP) is 1.60. The number of hydrogen-bond acceptors (Lipinski definition) is 3. The fourth-order valence-electron chi connectivity index (χ4n) is 1.63. The summed E-state index contributed by atoms with van der Waals surface area (Å²) in [4.78, 5) is 11.8. The summed E-state index contributed by atoms with van der Waals surface area (Å²) < 4.78 is 6.91. The second kappa shape index (κ2) is 4.86. The highest BCUT2D eigenvalue weighted by Crippen LogP contribution is 2.08. The van der Waals surface area contributed by atoms with E-state index in [4.69, 9.17) is 4.42 Å². The van der Waals surface area contributed by atoms with Crippen molar-refractivity contribution in [1.82, 2.24) is 15.1 Å². The van der Waals surface area contributed by atoms with Gasteiger partial charge >= 0.3 is 0 Å². The molecule has 1 amide bonds. The van der Waals surface area contributed by atoms with Crippen LogP contribution < -0.4 is 5.32 Å². The van der Waals surface area contributed by atoms with Crippen molar-refractivity contribution in [2.75, 3.05) is 0 Å². The second-order valence-corrected chi connectivity index (χ2v) is 4.04. The Morgan fingerprint density at radius 3 is 3.06 bits per heavy atom. The van der Waals surface area contributed by atoms with Gasteiger partial charge in [-0.15, -0.1) is 0 Å². The van der Waals surface area contributed by atoms with Gasteiger partial charge in [0.2, 0.25) is 0 Å². The summed E-state index contributed by atoms with van der Waals surface area (Å²) in [5.41, 5.74) is 0.841. The molecule has 0 saturated heterocycles. The first kappa shape index (κ1) is 11.4. The third kappa shape index (κ3) is 2.75. The van der Waals surface area contributed by atoms with Gasteiger partial charge in [-0.25, -0.2) is 0 Å². The molecule has 1 N–H and O–H groups in total. The Morgan fingerprint density at radius 1 is 1.65 bits per heavy atom. The average molecular weight is 233 g/mol. The number of furan rings is 1. The summed E-state index contributed by atoms with van der Waals surface area (Å²) in [6.07, 6.45) is 5.09. The summed E-state index contributed by atoms with van der Waals surface area (Å²) in [7, 11) is 0. The van der Waals surface area contributed by atoms with Gasteiger partial charge in [0.1, 0.15) is 0 Å². The number of carbonyl (C=O) groups excluding carboxylic acids is 1. The highest BCUT2D eigenvalue weighted by Gasteiger charge is 2.15. The zero-order valence-corrected chi connectivity index (χ0v) is 9.88. The van der Waals surface area contributed by atoms with Gasteiger partial charge in [-0.2, -0.15) is 5.10 Å². The summed E-state index contributed by atoms with van der Waals surface area (Å²) in [6.45, 7) is 4.41. The van der Waals surface area contributed by atoms with Crippen molar-refractivity contribution in [3.8, 4) is 0 Å². The Balaban J connectivity index is 1.93. The van der Waals surface area contributed by atoms with E-state index in [0.717, 1.165) is 5.56 Å². The van der Waals surface area contributed by atoms with Crippen molar-refractivity contribution in [1.29, 1.82) is 0 Å². The van der Waals surface area contributed by atoms with E-state index in [1.54, 1.807) is 16.9 Å². The lowest BCUT2D eigenvalue weighted by atomic mass is 10.2. The molecule has 0 aromatic carbocycles. The number of amides is 1. The van der Waals surface area contributed by atoms with Crippen LogP contribution in [-0.4, -0.2) is 21.7 Å². The third-order valence-corrected chi connectivity index (χ3v) is 2.47. The maximum atomic E-state index is 11.8. The molecule has 5 heteroatoms. The van der Waals surface area contributed by atoms with Gasteiger partial charge < -0.3 is 9.73 Å². The van der Waals surface area contributed by atoms with Crippen molar-refractivity contribution in [2.45, 2.75) is 26.4 Å². The van der Waals surface area contributed by atoms with Gasteiger partial charge in [0.15, 0.2) is 5.76 Å². The molecule has 0 radical (unpaired) electrons. The summed E-state index contributed by atoms with van der Waals surface area (Å²) in [6, 6.07) is 3.62. The van der Waals surface area contributed by atoms with Crippen molar-refractivity contribution >= 4 is 5.91 Å². The van der Waals surface area contributed by atoms with Crippen LogP contribution in [0.4, 0.5) is 0 Å². The Labute approximate surface area is 99.4 Å². The summed E-state index contributed by atoms with van der Waals surface area (Å²) >= 11 is 0. The lowest BCUT2D eigenvalue weighted by Gasteiger charge is -2.13. The molecule has 2 rings (SSSR count). The smallest absolute Gasteiger partial charge is 0.287 e. The van der Waals surface area contributed by atoms with Crippen LogP contribution in [0.15, 0.2) is 35.2 Å². The van der Waals surface area contributed by atoms with Crippen LogP contribution in [0.5, 0.6) is 0 Å². The van der Waals surface area contributed by atoms with Crippen LogP contribution >= 0.6 is 0 Å². The van der Waals surface area contributed by atoms with E-state index in [1.807, 2.05) is 26.1 Å². The first-order valence-corrected chi connectivity index (χ1v) is 5.49. The molecule has 2 aromatic rings. The standard InChI is InChI=1S/C12H15N3O2/c1-9-4-7-17-11(9)12(16)14-10(2)8-15-6-3-5-13-15/h3-7,10H,8H2,1-2H3,(H,14,16). The first-order valence-electron chi connectivity index (χ1n) is 5.49. The molecule has 5 nitrogen and oxygen atoms in total. The Hall–Kier alpha value is -2.04. The van der Waals surface area contributed by atoms with E-state index >= 15 is 0 Å². The molecule has 90 valence electrons. The number of nitrogens with one attached hydrogen (secondary N) is 1. The molecule has 0 aliphatic rings. The lowest BCUT2D eigenvalue weighted by molar-refractivity contribution is 0.0907. The molecular formula is C12H15N3O2. The lowest BCUT2D eigenvalue weighted by Crippen LogP contribution is -2.35. The number of nitrogens with zero attached hydrogens (tertiary/aromatic N) is 2. The Bertz CT molecular complexity index is 488. The SMILES string of the molecule is Cc1ccoc1C(=O)NC(C)Cn1cccn1. The van der Waals surface area contributed by atoms with Crippen molar-refractivity contribution in [3.05, 3.63) is 42.1 Å². The zero-order valence-electron chi connectivity index (χ0n) is 9.88. The maximum Gasteiger partial charge on any atom is 0.287 e. The van der Waals surface area contributed by atoms with Crippen molar-refractivity contribution in [3.63, 3.8) is 0 Å². The topological polar surface area (TPSA) is 60.1 Å². The molecule has 1 unspecified atom stereocenters. The molecule has 0 bridgehead atoms. The summed E-state index contributed by atoms with van der Waals surface area (Å²) in [5, 5.41) is 6.95. The number of aryl methyl sites for hydroxylation is 1. The highest BCUT2D eigenvalue weighted by atomic mass is 16.3. The van der Waals surface area contributed by atoms with E-state index < -0.39 is 0 Å². The molecule has 2 aromatic heterocycles. The molecule has 0 saturated carbocycles.